The van der Waals surface area contributed by atoms with Crippen molar-refractivity contribution in [2.75, 3.05) is 0 Å². The molecule has 3 heterocycles. The third-order valence-electron chi connectivity index (χ3n) is 4.70. The Morgan fingerprint density at radius 2 is 2.19 bits per heavy atom. The molecule has 1 saturated carbocycles. The van der Waals surface area contributed by atoms with E-state index in [-0.39, 0.29) is 11.7 Å². The molecule has 2 aromatic heterocycles. The van der Waals surface area contributed by atoms with E-state index < -0.39 is 0 Å². The number of rotatable bonds is 3. The Morgan fingerprint density at radius 3 is 3.00 bits per heavy atom. The van der Waals surface area contributed by atoms with Gasteiger partial charge in [-0.15, -0.1) is 10.2 Å². The molecule has 21 heavy (non-hydrogen) atoms. The zero-order chi connectivity index (χ0) is 14.1. The number of aromatic nitrogens is 4. The van der Waals surface area contributed by atoms with E-state index in [4.69, 9.17) is 4.74 Å². The summed E-state index contributed by atoms with van der Waals surface area (Å²) in [5.74, 6) is 0.710. The average Bonchev–Trinajstić information content (AvgIpc) is 3.22. The molecule has 0 N–H and O–H groups in total. The van der Waals surface area contributed by atoms with Crippen LogP contribution in [0, 0.1) is 0 Å². The van der Waals surface area contributed by atoms with E-state index in [0.717, 1.165) is 18.5 Å². The van der Waals surface area contributed by atoms with Gasteiger partial charge in [-0.05, 0) is 42.3 Å². The van der Waals surface area contributed by atoms with Gasteiger partial charge in [0, 0.05) is 10.9 Å². The summed E-state index contributed by atoms with van der Waals surface area (Å²) in [6, 6.07) is 2.02. The summed E-state index contributed by atoms with van der Waals surface area (Å²) in [6.45, 7) is 0.721. The van der Waals surface area contributed by atoms with Gasteiger partial charge < -0.3 is 4.74 Å². The fourth-order valence-corrected chi connectivity index (χ4v) is 4.23. The number of nitrogens with zero attached hydrogens (tertiary/aromatic N) is 4. The number of ether oxygens (including phenoxy) is 1. The smallest absolute Gasteiger partial charge is 0.205 e. The molecule has 2 fully saturated rings. The summed E-state index contributed by atoms with van der Waals surface area (Å²) < 4.78 is 6.37. The standard InChI is InChI=1S/C15H20N4OS/c1-2-6-15(7-3-1)8-4-13(20-15)10-19-17-14(16-18-19)12-5-9-21-11-12/h5,9,11,13H,1-4,6-8,10H2. The maximum atomic E-state index is 6.37. The van der Waals surface area contributed by atoms with Gasteiger partial charge in [0.25, 0.3) is 0 Å². The van der Waals surface area contributed by atoms with Crippen molar-refractivity contribution >= 4 is 11.3 Å². The van der Waals surface area contributed by atoms with Crippen molar-refractivity contribution in [3.05, 3.63) is 16.8 Å². The monoisotopic (exact) mass is 304 g/mol. The normalized spacial score (nSPS) is 24.7. The number of thiophene rings is 1. The zero-order valence-corrected chi connectivity index (χ0v) is 12.9. The van der Waals surface area contributed by atoms with Gasteiger partial charge in [0.05, 0.1) is 18.2 Å². The van der Waals surface area contributed by atoms with Crippen LogP contribution in [0.25, 0.3) is 11.4 Å². The molecule has 1 unspecified atom stereocenters. The van der Waals surface area contributed by atoms with E-state index in [1.807, 2.05) is 16.8 Å². The Bertz CT molecular complexity index is 589. The van der Waals surface area contributed by atoms with E-state index >= 15 is 0 Å². The first-order chi connectivity index (χ1) is 10.3. The molecular weight excluding hydrogens is 284 g/mol. The van der Waals surface area contributed by atoms with Crippen molar-refractivity contribution in [2.45, 2.75) is 63.2 Å². The predicted octanol–water partition coefficient (Wildman–Crippen LogP) is 3.28. The summed E-state index contributed by atoms with van der Waals surface area (Å²) in [5.41, 5.74) is 1.21. The van der Waals surface area contributed by atoms with Crippen LogP contribution in [0.3, 0.4) is 0 Å². The van der Waals surface area contributed by atoms with Crippen molar-refractivity contribution in [1.29, 1.82) is 0 Å². The summed E-state index contributed by atoms with van der Waals surface area (Å²) in [6.07, 6.45) is 9.02. The SMILES string of the molecule is c1cc(-c2nnn(CC3CCC4(CCCCC4)O3)n2)cs1. The van der Waals surface area contributed by atoms with Crippen LogP contribution in [-0.4, -0.2) is 31.9 Å². The zero-order valence-electron chi connectivity index (χ0n) is 12.1. The van der Waals surface area contributed by atoms with Crippen molar-refractivity contribution in [3.63, 3.8) is 0 Å². The summed E-state index contributed by atoms with van der Waals surface area (Å²) >= 11 is 1.65. The fraction of sp³-hybridized carbons (Fsp3) is 0.667. The maximum absolute atomic E-state index is 6.37. The van der Waals surface area contributed by atoms with Crippen molar-refractivity contribution in [2.24, 2.45) is 0 Å². The van der Waals surface area contributed by atoms with Crippen LogP contribution in [0.15, 0.2) is 16.8 Å². The van der Waals surface area contributed by atoms with Crippen LogP contribution >= 0.6 is 11.3 Å². The predicted molar refractivity (Wildman–Crippen MR) is 81.1 cm³/mol. The van der Waals surface area contributed by atoms with Gasteiger partial charge in [-0.3, -0.25) is 0 Å². The molecule has 1 aliphatic heterocycles. The van der Waals surface area contributed by atoms with Crippen molar-refractivity contribution in [3.8, 4) is 11.4 Å². The lowest BCUT2D eigenvalue weighted by Crippen LogP contribution is -2.32. The molecule has 1 spiro atoms. The van der Waals surface area contributed by atoms with Gasteiger partial charge in [-0.1, -0.05) is 19.3 Å². The van der Waals surface area contributed by atoms with E-state index in [0.29, 0.717) is 5.82 Å². The summed E-state index contributed by atoms with van der Waals surface area (Å²) in [4.78, 5) is 1.69. The van der Waals surface area contributed by atoms with E-state index in [9.17, 15) is 0 Å². The molecular formula is C15H20N4OS. The number of hydrogen-bond donors (Lipinski definition) is 0. The van der Waals surface area contributed by atoms with Crippen LogP contribution in [0.5, 0.6) is 0 Å². The Labute approximate surface area is 128 Å². The second-order valence-corrected chi connectivity index (χ2v) is 6.98. The topological polar surface area (TPSA) is 52.8 Å². The molecule has 1 saturated heterocycles. The highest BCUT2D eigenvalue weighted by Crippen LogP contribution is 2.42. The second-order valence-electron chi connectivity index (χ2n) is 6.20. The maximum Gasteiger partial charge on any atom is 0.205 e. The molecule has 5 nitrogen and oxygen atoms in total. The highest BCUT2D eigenvalue weighted by Gasteiger charge is 2.41. The largest absolute Gasteiger partial charge is 0.370 e. The van der Waals surface area contributed by atoms with E-state index in [1.54, 1.807) is 16.1 Å². The van der Waals surface area contributed by atoms with Crippen LogP contribution in [0.2, 0.25) is 0 Å². The Balaban J connectivity index is 1.41. The third-order valence-corrected chi connectivity index (χ3v) is 5.39. The van der Waals surface area contributed by atoms with Gasteiger partial charge in [-0.25, -0.2) is 0 Å². The summed E-state index contributed by atoms with van der Waals surface area (Å²) in [5, 5.41) is 16.9. The Morgan fingerprint density at radius 1 is 1.29 bits per heavy atom. The van der Waals surface area contributed by atoms with Crippen LogP contribution < -0.4 is 0 Å². The molecule has 2 aliphatic rings. The van der Waals surface area contributed by atoms with Crippen LogP contribution in [-0.2, 0) is 11.3 Å². The minimum absolute atomic E-state index is 0.166. The fourth-order valence-electron chi connectivity index (χ4n) is 3.60. The highest BCUT2D eigenvalue weighted by atomic mass is 32.1. The second kappa shape index (κ2) is 5.50. The number of hydrogen-bond acceptors (Lipinski definition) is 5. The van der Waals surface area contributed by atoms with E-state index in [2.05, 4.69) is 15.4 Å². The lowest BCUT2D eigenvalue weighted by atomic mass is 9.83. The quantitative estimate of drug-likeness (QED) is 0.873. The average molecular weight is 304 g/mol. The van der Waals surface area contributed by atoms with E-state index in [1.165, 1.54) is 38.5 Å². The molecule has 0 aromatic carbocycles. The summed E-state index contributed by atoms with van der Waals surface area (Å²) in [7, 11) is 0. The van der Waals surface area contributed by atoms with Gasteiger partial charge in [-0.2, -0.15) is 16.1 Å². The molecule has 4 rings (SSSR count). The Hall–Kier alpha value is -1.27. The molecule has 2 aromatic rings. The molecule has 0 bridgehead atoms. The van der Waals surface area contributed by atoms with Crippen molar-refractivity contribution < 1.29 is 4.74 Å². The van der Waals surface area contributed by atoms with Crippen LogP contribution in [0.1, 0.15) is 44.9 Å². The lowest BCUT2D eigenvalue weighted by Gasteiger charge is -2.33. The van der Waals surface area contributed by atoms with Crippen LogP contribution in [0.4, 0.5) is 0 Å². The van der Waals surface area contributed by atoms with Gasteiger partial charge >= 0.3 is 0 Å². The molecule has 6 heteroatoms. The molecule has 0 radical (unpaired) electrons. The molecule has 0 amide bonds. The molecule has 1 atom stereocenters. The highest BCUT2D eigenvalue weighted by molar-refractivity contribution is 7.08. The minimum Gasteiger partial charge on any atom is -0.370 e. The number of tetrazole rings is 1. The third kappa shape index (κ3) is 2.74. The van der Waals surface area contributed by atoms with Gasteiger partial charge in [0.1, 0.15) is 0 Å². The molecule has 112 valence electrons. The first-order valence-corrected chi connectivity index (χ1v) is 8.76. The minimum atomic E-state index is 0.166. The van der Waals surface area contributed by atoms with Gasteiger partial charge in [0.15, 0.2) is 0 Å². The van der Waals surface area contributed by atoms with Gasteiger partial charge in [0.2, 0.25) is 5.82 Å². The first-order valence-electron chi connectivity index (χ1n) is 7.81. The van der Waals surface area contributed by atoms with Crippen molar-refractivity contribution in [1.82, 2.24) is 20.2 Å². The lowest BCUT2D eigenvalue weighted by molar-refractivity contribution is -0.0699. The Kier molecular flexibility index (Phi) is 3.51. The molecule has 1 aliphatic carbocycles. The first kappa shape index (κ1) is 13.4.